The Kier molecular flexibility index (Phi) is 3.20. The van der Waals surface area contributed by atoms with Gasteiger partial charge in [-0.1, -0.05) is 19.3 Å². The molecular formula is C14H19N3S. The summed E-state index contributed by atoms with van der Waals surface area (Å²) in [5, 5.41) is 0. The quantitative estimate of drug-likeness (QED) is 0.820. The molecule has 96 valence electrons. The van der Waals surface area contributed by atoms with Crippen LogP contribution in [0.2, 0.25) is 0 Å². The molecule has 3 nitrogen and oxygen atoms in total. The van der Waals surface area contributed by atoms with E-state index in [1.165, 1.54) is 32.1 Å². The van der Waals surface area contributed by atoms with Crippen molar-refractivity contribution in [2.24, 2.45) is 5.92 Å². The van der Waals surface area contributed by atoms with Crippen LogP contribution in [0.1, 0.15) is 45.1 Å². The van der Waals surface area contributed by atoms with Crippen LogP contribution in [-0.2, 0) is 0 Å². The summed E-state index contributed by atoms with van der Waals surface area (Å²) in [4.78, 5) is 7.75. The molecule has 1 saturated carbocycles. The molecule has 1 aliphatic carbocycles. The standard InChI is InChI=1S/C14H19N3S/c1-10(11-6-3-2-4-7-11)17-13-12(16-14(17)18)8-5-9-15-13/h5,8-11H,2-4,6-7H2,1H3,(H,16,18). The fraction of sp³-hybridized carbons (Fsp3) is 0.571. The van der Waals surface area contributed by atoms with Gasteiger partial charge in [-0.15, -0.1) is 0 Å². The molecule has 0 radical (unpaired) electrons. The maximum absolute atomic E-state index is 5.47. The second kappa shape index (κ2) is 4.84. The van der Waals surface area contributed by atoms with Gasteiger partial charge in [0.2, 0.25) is 0 Å². The van der Waals surface area contributed by atoms with Gasteiger partial charge >= 0.3 is 0 Å². The molecule has 0 spiro atoms. The van der Waals surface area contributed by atoms with Crippen molar-refractivity contribution in [2.75, 3.05) is 0 Å². The third kappa shape index (κ3) is 1.99. The number of rotatable bonds is 2. The third-order valence-electron chi connectivity index (χ3n) is 4.21. The first-order valence-corrected chi connectivity index (χ1v) is 7.23. The van der Waals surface area contributed by atoms with E-state index in [-0.39, 0.29) is 0 Å². The van der Waals surface area contributed by atoms with Crippen LogP contribution < -0.4 is 0 Å². The third-order valence-corrected chi connectivity index (χ3v) is 4.51. The number of hydrogen-bond acceptors (Lipinski definition) is 2. The number of nitrogens with zero attached hydrogens (tertiary/aromatic N) is 2. The van der Waals surface area contributed by atoms with Crippen molar-refractivity contribution >= 4 is 23.4 Å². The molecule has 2 aromatic rings. The lowest BCUT2D eigenvalue weighted by Crippen LogP contribution is -2.19. The molecule has 0 saturated heterocycles. The van der Waals surface area contributed by atoms with Crippen LogP contribution in [0, 0.1) is 10.7 Å². The van der Waals surface area contributed by atoms with Crippen molar-refractivity contribution in [1.82, 2.24) is 14.5 Å². The summed E-state index contributed by atoms with van der Waals surface area (Å²) in [6, 6.07) is 4.44. The minimum absolute atomic E-state index is 0.446. The van der Waals surface area contributed by atoms with Crippen molar-refractivity contribution in [3.8, 4) is 0 Å². The number of pyridine rings is 1. The minimum Gasteiger partial charge on any atom is -0.329 e. The number of H-pyrrole nitrogens is 1. The Labute approximate surface area is 112 Å². The molecule has 18 heavy (non-hydrogen) atoms. The summed E-state index contributed by atoms with van der Waals surface area (Å²) in [5.41, 5.74) is 2.05. The Morgan fingerprint density at radius 2 is 2.17 bits per heavy atom. The topological polar surface area (TPSA) is 33.6 Å². The van der Waals surface area contributed by atoms with E-state index in [2.05, 4.69) is 21.5 Å². The van der Waals surface area contributed by atoms with E-state index in [1.54, 1.807) is 0 Å². The number of imidazole rings is 1. The molecule has 1 atom stereocenters. The lowest BCUT2D eigenvalue weighted by atomic mass is 9.84. The first kappa shape index (κ1) is 11.9. The molecule has 0 amide bonds. The van der Waals surface area contributed by atoms with Crippen molar-refractivity contribution in [2.45, 2.75) is 45.1 Å². The Hall–Kier alpha value is -1.16. The first-order chi connectivity index (χ1) is 8.77. The van der Waals surface area contributed by atoms with E-state index in [4.69, 9.17) is 12.2 Å². The van der Waals surface area contributed by atoms with Crippen LogP contribution in [-0.4, -0.2) is 14.5 Å². The summed E-state index contributed by atoms with van der Waals surface area (Å²) in [6.07, 6.45) is 8.59. The monoisotopic (exact) mass is 261 g/mol. The van der Waals surface area contributed by atoms with Gasteiger partial charge in [0.25, 0.3) is 0 Å². The highest BCUT2D eigenvalue weighted by atomic mass is 32.1. The molecule has 2 heterocycles. The van der Waals surface area contributed by atoms with Crippen LogP contribution in [0.25, 0.3) is 11.2 Å². The Bertz CT molecular complexity index is 592. The van der Waals surface area contributed by atoms with Gasteiger partial charge in [0, 0.05) is 12.2 Å². The normalized spacial score (nSPS) is 19.2. The predicted octanol–water partition coefficient (Wildman–Crippen LogP) is 4.24. The average molecular weight is 261 g/mol. The van der Waals surface area contributed by atoms with Crippen LogP contribution in [0.4, 0.5) is 0 Å². The van der Waals surface area contributed by atoms with Crippen LogP contribution in [0.3, 0.4) is 0 Å². The molecule has 3 rings (SSSR count). The van der Waals surface area contributed by atoms with Gasteiger partial charge in [0.05, 0.1) is 5.52 Å². The van der Waals surface area contributed by atoms with Crippen molar-refractivity contribution < 1.29 is 0 Å². The van der Waals surface area contributed by atoms with E-state index in [0.29, 0.717) is 6.04 Å². The molecule has 1 aliphatic rings. The van der Waals surface area contributed by atoms with Gasteiger partial charge < -0.3 is 4.98 Å². The van der Waals surface area contributed by atoms with Crippen LogP contribution in [0.5, 0.6) is 0 Å². The molecule has 1 N–H and O–H groups in total. The van der Waals surface area contributed by atoms with Gasteiger partial charge in [-0.25, -0.2) is 4.98 Å². The second-order valence-corrected chi connectivity index (χ2v) is 5.70. The van der Waals surface area contributed by atoms with Gasteiger partial charge in [-0.2, -0.15) is 0 Å². The molecule has 1 unspecified atom stereocenters. The van der Waals surface area contributed by atoms with Crippen molar-refractivity contribution in [3.05, 3.63) is 23.1 Å². The number of fused-ring (bicyclic) bond motifs is 1. The molecular weight excluding hydrogens is 242 g/mol. The van der Waals surface area contributed by atoms with Crippen LogP contribution >= 0.6 is 12.2 Å². The first-order valence-electron chi connectivity index (χ1n) is 6.82. The highest BCUT2D eigenvalue weighted by molar-refractivity contribution is 7.71. The van der Waals surface area contributed by atoms with Crippen LogP contribution in [0.15, 0.2) is 18.3 Å². The summed E-state index contributed by atoms with van der Waals surface area (Å²) < 4.78 is 3.02. The molecule has 0 bridgehead atoms. The van der Waals surface area contributed by atoms with Gasteiger partial charge in [-0.05, 0) is 50.0 Å². The maximum atomic E-state index is 5.47. The molecule has 1 fully saturated rings. The smallest absolute Gasteiger partial charge is 0.179 e. The number of aromatic nitrogens is 3. The average Bonchev–Trinajstić information content (AvgIpc) is 2.75. The number of hydrogen-bond donors (Lipinski definition) is 1. The van der Waals surface area contributed by atoms with Gasteiger partial charge in [0.1, 0.15) is 0 Å². The molecule has 2 aromatic heterocycles. The zero-order chi connectivity index (χ0) is 12.5. The summed E-state index contributed by atoms with van der Waals surface area (Å²) in [6.45, 7) is 2.29. The van der Waals surface area contributed by atoms with E-state index in [1.807, 2.05) is 18.3 Å². The second-order valence-electron chi connectivity index (χ2n) is 5.31. The largest absolute Gasteiger partial charge is 0.329 e. The highest BCUT2D eigenvalue weighted by Gasteiger charge is 2.23. The molecule has 0 aromatic carbocycles. The summed E-state index contributed by atoms with van der Waals surface area (Å²) in [7, 11) is 0. The minimum atomic E-state index is 0.446. The molecule has 0 aliphatic heterocycles. The Morgan fingerprint density at radius 3 is 2.94 bits per heavy atom. The number of nitrogens with one attached hydrogen (secondary N) is 1. The van der Waals surface area contributed by atoms with E-state index < -0.39 is 0 Å². The zero-order valence-corrected chi connectivity index (χ0v) is 11.5. The van der Waals surface area contributed by atoms with Gasteiger partial charge in [0.15, 0.2) is 10.4 Å². The summed E-state index contributed by atoms with van der Waals surface area (Å²) in [5.74, 6) is 0.742. The van der Waals surface area contributed by atoms with E-state index in [0.717, 1.165) is 21.9 Å². The zero-order valence-electron chi connectivity index (χ0n) is 10.7. The fourth-order valence-corrected chi connectivity index (χ4v) is 3.53. The highest BCUT2D eigenvalue weighted by Crippen LogP contribution is 2.34. The van der Waals surface area contributed by atoms with Crippen molar-refractivity contribution in [1.29, 1.82) is 0 Å². The Balaban J connectivity index is 2.02. The maximum Gasteiger partial charge on any atom is 0.179 e. The van der Waals surface area contributed by atoms with Crippen molar-refractivity contribution in [3.63, 3.8) is 0 Å². The van der Waals surface area contributed by atoms with E-state index in [9.17, 15) is 0 Å². The predicted molar refractivity (Wildman–Crippen MR) is 76.2 cm³/mol. The summed E-state index contributed by atoms with van der Waals surface area (Å²) >= 11 is 5.47. The SMILES string of the molecule is CC(C1CCCCC1)n1c(=S)[nH]c2cccnc21. The number of aromatic amines is 1. The Morgan fingerprint density at radius 1 is 1.39 bits per heavy atom. The van der Waals surface area contributed by atoms with Gasteiger partial charge in [-0.3, -0.25) is 4.57 Å². The fourth-order valence-electron chi connectivity index (χ4n) is 3.16. The molecule has 4 heteroatoms. The lowest BCUT2D eigenvalue weighted by Gasteiger charge is -2.28. The lowest BCUT2D eigenvalue weighted by molar-refractivity contribution is 0.265. The van der Waals surface area contributed by atoms with E-state index >= 15 is 0 Å².